The van der Waals surface area contributed by atoms with Gasteiger partial charge in [-0.05, 0) is 54.2 Å². The van der Waals surface area contributed by atoms with E-state index in [4.69, 9.17) is 9.97 Å². The number of hydrogen-bond acceptors (Lipinski definition) is 6. The Bertz CT molecular complexity index is 1540. The minimum Gasteiger partial charge on any atom is -0.351 e. The number of nitrogens with one attached hydrogen (secondary N) is 2. The number of anilines is 1. The number of fused-ring (bicyclic) bond motifs is 1. The second-order valence-corrected chi connectivity index (χ2v) is 9.11. The largest absolute Gasteiger partial charge is 0.351 e. The van der Waals surface area contributed by atoms with Crippen LogP contribution in [-0.2, 0) is 22.4 Å². The summed E-state index contributed by atoms with van der Waals surface area (Å²) < 4.78 is 15.5. The fraction of sp³-hybridized carbons (Fsp3) is 0.222. The van der Waals surface area contributed by atoms with Crippen molar-refractivity contribution in [1.82, 2.24) is 24.9 Å². The second-order valence-electron chi connectivity index (χ2n) is 9.11. The molecular formula is C27H23FN6O2. The zero-order valence-corrected chi connectivity index (χ0v) is 19.4. The zero-order chi connectivity index (χ0) is 24.6. The molecule has 3 heterocycles. The summed E-state index contributed by atoms with van der Waals surface area (Å²) in [5, 5.41) is 10.2. The molecule has 2 aromatic heterocycles. The summed E-state index contributed by atoms with van der Waals surface area (Å²) >= 11 is 0. The number of hydrogen-bond donors (Lipinski definition) is 2. The molecule has 6 rings (SSSR count). The highest BCUT2D eigenvalue weighted by Crippen LogP contribution is 2.27. The van der Waals surface area contributed by atoms with Crippen LogP contribution in [0.15, 0.2) is 60.3 Å². The van der Waals surface area contributed by atoms with Crippen LogP contribution in [0.1, 0.15) is 36.2 Å². The first-order valence-electron chi connectivity index (χ1n) is 11.9. The summed E-state index contributed by atoms with van der Waals surface area (Å²) in [6.07, 6.45) is 6.70. The molecule has 2 amide bonds. The first-order chi connectivity index (χ1) is 17.5. The lowest BCUT2D eigenvalue weighted by Crippen LogP contribution is -2.19. The van der Waals surface area contributed by atoms with Gasteiger partial charge in [0.05, 0.1) is 12.6 Å². The van der Waals surface area contributed by atoms with E-state index in [0.29, 0.717) is 47.4 Å². The third-order valence-electron chi connectivity index (χ3n) is 6.35. The van der Waals surface area contributed by atoms with E-state index in [1.807, 2.05) is 30.3 Å². The Morgan fingerprint density at radius 1 is 1.08 bits per heavy atom. The molecule has 9 heteroatoms. The van der Waals surface area contributed by atoms with Gasteiger partial charge in [-0.3, -0.25) is 14.9 Å². The fourth-order valence-corrected chi connectivity index (χ4v) is 4.39. The predicted molar refractivity (Wildman–Crippen MR) is 132 cm³/mol. The minimum atomic E-state index is -0.390. The lowest BCUT2D eigenvalue weighted by Gasteiger charge is -2.11. The highest BCUT2D eigenvalue weighted by atomic mass is 19.1. The van der Waals surface area contributed by atoms with E-state index in [2.05, 4.69) is 15.7 Å². The third-order valence-corrected chi connectivity index (χ3v) is 6.35. The maximum Gasteiger partial charge on any atom is 0.254 e. The van der Waals surface area contributed by atoms with Crippen LogP contribution in [0, 0.1) is 5.82 Å². The average molecular weight is 483 g/mol. The Kier molecular flexibility index (Phi) is 5.52. The molecule has 1 saturated carbocycles. The van der Waals surface area contributed by atoms with Crippen molar-refractivity contribution in [3.05, 3.63) is 83.1 Å². The van der Waals surface area contributed by atoms with Crippen molar-refractivity contribution in [3.63, 3.8) is 0 Å². The third kappa shape index (κ3) is 4.47. The number of aromatic nitrogens is 4. The van der Waals surface area contributed by atoms with Crippen molar-refractivity contribution in [2.75, 3.05) is 5.32 Å². The number of aryl methyl sites for hydroxylation is 2. The highest BCUT2D eigenvalue weighted by molar-refractivity contribution is 6.15. The second kappa shape index (κ2) is 8.99. The summed E-state index contributed by atoms with van der Waals surface area (Å²) in [5.41, 5.74) is 4.48. The van der Waals surface area contributed by atoms with Crippen LogP contribution in [0.5, 0.6) is 0 Å². The summed E-state index contributed by atoms with van der Waals surface area (Å²) in [6.45, 7) is 0. The van der Waals surface area contributed by atoms with Crippen molar-refractivity contribution in [2.24, 2.45) is 0 Å². The van der Waals surface area contributed by atoms with E-state index in [1.165, 1.54) is 12.1 Å². The van der Waals surface area contributed by atoms with Gasteiger partial charge in [0.1, 0.15) is 11.6 Å². The van der Waals surface area contributed by atoms with Gasteiger partial charge in [0.25, 0.3) is 5.91 Å². The number of halogens is 1. The maximum atomic E-state index is 13.9. The van der Waals surface area contributed by atoms with Crippen molar-refractivity contribution in [2.45, 2.75) is 38.1 Å². The quantitative estimate of drug-likeness (QED) is 0.308. The summed E-state index contributed by atoms with van der Waals surface area (Å²) in [7, 11) is 0. The number of carbonyl (C=O) groups is 2. The molecule has 2 aliphatic rings. The molecule has 1 aliphatic heterocycles. The van der Waals surface area contributed by atoms with Gasteiger partial charge in [0, 0.05) is 23.6 Å². The fourth-order valence-electron chi connectivity index (χ4n) is 4.39. The van der Waals surface area contributed by atoms with Gasteiger partial charge < -0.3 is 5.32 Å². The van der Waals surface area contributed by atoms with Gasteiger partial charge in [-0.15, -0.1) is 0 Å². The number of imide groups is 1. The first kappa shape index (κ1) is 22.1. The van der Waals surface area contributed by atoms with Gasteiger partial charge >= 0.3 is 0 Å². The van der Waals surface area contributed by atoms with Gasteiger partial charge in [0.2, 0.25) is 11.9 Å². The highest BCUT2D eigenvalue weighted by Gasteiger charge is 2.26. The SMILES string of the molecule is O=C1C/C(=C\c2cnn3c(NC4CC4)nc(CCc4ccccc4-c4cccc(F)c4)nc23)C(=O)N1. The molecule has 0 unspecified atom stereocenters. The normalized spacial score (nSPS) is 16.6. The van der Waals surface area contributed by atoms with E-state index >= 15 is 0 Å². The molecular weight excluding hydrogens is 459 g/mol. The van der Waals surface area contributed by atoms with Crippen LogP contribution in [-0.4, -0.2) is 37.4 Å². The molecule has 0 bridgehead atoms. The van der Waals surface area contributed by atoms with Gasteiger partial charge in [-0.2, -0.15) is 14.6 Å². The van der Waals surface area contributed by atoms with E-state index in [1.54, 1.807) is 22.9 Å². The zero-order valence-electron chi connectivity index (χ0n) is 19.4. The molecule has 1 saturated heterocycles. The number of amides is 2. The van der Waals surface area contributed by atoms with Crippen LogP contribution in [0.25, 0.3) is 22.9 Å². The van der Waals surface area contributed by atoms with Crippen molar-refractivity contribution >= 4 is 29.5 Å². The average Bonchev–Trinajstić information content (AvgIpc) is 3.51. The number of benzene rings is 2. The predicted octanol–water partition coefficient (Wildman–Crippen LogP) is 3.72. The lowest BCUT2D eigenvalue weighted by molar-refractivity contribution is -0.124. The van der Waals surface area contributed by atoms with Gasteiger partial charge in [-0.1, -0.05) is 36.4 Å². The van der Waals surface area contributed by atoms with Crippen molar-refractivity contribution < 1.29 is 14.0 Å². The number of nitrogens with zero attached hydrogens (tertiary/aromatic N) is 4. The van der Waals surface area contributed by atoms with Gasteiger partial charge in [0.15, 0.2) is 5.65 Å². The Labute approximate surface area is 206 Å². The van der Waals surface area contributed by atoms with E-state index in [0.717, 1.165) is 29.5 Å². The monoisotopic (exact) mass is 482 g/mol. The van der Waals surface area contributed by atoms with Crippen LogP contribution in [0.4, 0.5) is 10.3 Å². The van der Waals surface area contributed by atoms with Crippen LogP contribution in [0.2, 0.25) is 0 Å². The Morgan fingerprint density at radius 2 is 1.94 bits per heavy atom. The molecule has 8 nitrogen and oxygen atoms in total. The smallest absolute Gasteiger partial charge is 0.254 e. The van der Waals surface area contributed by atoms with E-state index < -0.39 is 0 Å². The first-order valence-corrected chi connectivity index (χ1v) is 11.9. The molecule has 4 aromatic rings. The molecule has 180 valence electrons. The van der Waals surface area contributed by atoms with Crippen LogP contribution >= 0.6 is 0 Å². The molecule has 1 aliphatic carbocycles. The Hall–Kier alpha value is -4.40. The van der Waals surface area contributed by atoms with Crippen molar-refractivity contribution in [3.8, 4) is 11.1 Å². The topological polar surface area (TPSA) is 101 Å². The number of rotatable bonds is 7. The Balaban J connectivity index is 1.34. The molecule has 2 fully saturated rings. The molecule has 2 N–H and O–H groups in total. The van der Waals surface area contributed by atoms with Crippen LogP contribution < -0.4 is 10.6 Å². The minimum absolute atomic E-state index is 0.0398. The number of carbonyl (C=O) groups excluding carboxylic acids is 2. The van der Waals surface area contributed by atoms with Crippen molar-refractivity contribution in [1.29, 1.82) is 0 Å². The van der Waals surface area contributed by atoms with Gasteiger partial charge in [-0.25, -0.2) is 9.37 Å². The maximum absolute atomic E-state index is 13.9. The summed E-state index contributed by atoms with van der Waals surface area (Å²) in [4.78, 5) is 33.2. The lowest BCUT2D eigenvalue weighted by atomic mass is 9.96. The standard InChI is InChI=1S/C27H23FN6O2/c28-20-6-3-5-17(13-20)22-7-2-1-4-16(22)8-11-23-31-25-19(12-18-14-24(35)33-26(18)36)15-29-34(25)27(32-23)30-21-9-10-21/h1-7,12-13,15,21H,8-11,14H2,(H,30,31,32)(H,33,35,36)/b18-12+. The molecule has 2 aromatic carbocycles. The molecule has 0 radical (unpaired) electrons. The molecule has 0 spiro atoms. The van der Waals surface area contributed by atoms with E-state index in [-0.39, 0.29) is 24.1 Å². The van der Waals surface area contributed by atoms with Crippen LogP contribution in [0.3, 0.4) is 0 Å². The molecule has 0 atom stereocenters. The Morgan fingerprint density at radius 3 is 2.72 bits per heavy atom. The summed E-state index contributed by atoms with van der Waals surface area (Å²) in [5.74, 6) is 0.260. The summed E-state index contributed by atoms with van der Waals surface area (Å²) in [6, 6.07) is 14.9. The molecule has 36 heavy (non-hydrogen) atoms. The van der Waals surface area contributed by atoms with E-state index in [9.17, 15) is 14.0 Å².